The van der Waals surface area contributed by atoms with Gasteiger partial charge in [-0.05, 0) is 38.3 Å². The van der Waals surface area contributed by atoms with Crippen molar-refractivity contribution in [2.45, 2.75) is 38.3 Å². The summed E-state index contributed by atoms with van der Waals surface area (Å²) in [5.41, 5.74) is 2.96. The van der Waals surface area contributed by atoms with E-state index in [4.69, 9.17) is 4.74 Å². The molecule has 2 aliphatic rings. The van der Waals surface area contributed by atoms with Crippen molar-refractivity contribution < 1.29 is 4.74 Å². The number of anilines is 1. The fourth-order valence-electron chi connectivity index (χ4n) is 3.07. The largest absolute Gasteiger partial charge is 0.371 e. The molecule has 2 heterocycles. The zero-order chi connectivity index (χ0) is 13.3. The molecule has 0 aliphatic carbocycles. The molecule has 1 aromatic rings. The minimum absolute atomic E-state index is 0.0680. The minimum Gasteiger partial charge on any atom is -0.371 e. The van der Waals surface area contributed by atoms with Crippen LogP contribution in [0.15, 0.2) is 24.3 Å². The van der Waals surface area contributed by atoms with Gasteiger partial charge in [-0.3, -0.25) is 0 Å². The maximum Gasteiger partial charge on any atom is 0.0902 e. The van der Waals surface area contributed by atoms with E-state index in [-0.39, 0.29) is 5.60 Å². The van der Waals surface area contributed by atoms with Crippen LogP contribution in [0, 0.1) is 0 Å². The Balaban J connectivity index is 1.63. The molecule has 0 radical (unpaired) electrons. The van der Waals surface area contributed by atoms with Crippen LogP contribution in [0.5, 0.6) is 0 Å². The van der Waals surface area contributed by atoms with Gasteiger partial charge in [0.1, 0.15) is 0 Å². The second kappa shape index (κ2) is 5.14. The molecule has 0 spiro atoms. The number of fused-ring (bicyclic) bond motifs is 1. The molecule has 0 bridgehead atoms. The summed E-state index contributed by atoms with van der Waals surface area (Å²) >= 11 is 0. The number of nitrogens with zero attached hydrogens (tertiary/aromatic N) is 1. The molecule has 1 atom stereocenters. The standard InChI is InChI=1S/C16H24N2O/c1-13-7-8-14-5-3-4-6-15(14)18(13)9-10-19-16(2)11-17-12-16/h3-6,13,17H,7-12H2,1-2H3. The molecule has 1 N–H and O–H groups in total. The van der Waals surface area contributed by atoms with E-state index in [2.05, 4.69) is 48.3 Å². The van der Waals surface area contributed by atoms with Crippen molar-refractivity contribution in [1.82, 2.24) is 5.32 Å². The number of aryl methyl sites for hydroxylation is 1. The predicted octanol–water partition coefficient (Wildman–Crippen LogP) is 2.21. The molecule has 1 unspecified atom stereocenters. The average Bonchev–Trinajstić information content (AvgIpc) is 2.39. The molecule has 1 saturated heterocycles. The summed E-state index contributed by atoms with van der Waals surface area (Å²) in [6, 6.07) is 9.40. The lowest BCUT2D eigenvalue weighted by molar-refractivity contribution is -0.0637. The molecule has 104 valence electrons. The van der Waals surface area contributed by atoms with Gasteiger partial charge in [0.2, 0.25) is 0 Å². The molecular formula is C16H24N2O. The normalized spacial score (nSPS) is 24.7. The summed E-state index contributed by atoms with van der Waals surface area (Å²) in [7, 11) is 0. The number of hydrogen-bond donors (Lipinski definition) is 1. The Bertz CT molecular complexity index is 442. The van der Waals surface area contributed by atoms with Gasteiger partial charge >= 0.3 is 0 Å². The Morgan fingerprint density at radius 2 is 2.16 bits per heavy atom. The van der Waals surface area contributed by atoms with Gasteiger partial charge in [0, 0.05) is 31.4 Å². The monoisotopic (exact) mass is 260 g/mol. The molecule has 1 fully saturated rings. The third-order valence-corrected chi connectivity index (χ3v) is 4.45. The molecule has 1 aromatic carbocycles. The highest BCUT2D eigenvalue weighted by Gasteiger charge is 2.32. The fourth-order valence-corrected chi connectivity index (χ4v) is 3.07. The molecule has 2 aliphatic heterocycles. The molecular weight excluding hydrogens is 236 g/mol. The van der Waals surface area contributed by atoms with E-state index in [1.54, 1.807) is 0 Å². The average molecular weight is 260 g/mol. The zero-order valence-corrected chi connectivity index (χ0v) is 12.0. The van der Waals surface area contributed by atoms with E-state index < -0.39 is 0 Å². The zero-order valence-electron chi connectivity index (χ0n) is 12.0. The quantitative estimate of drug-likeness (QED) is 0.898. The van der Waals surface area contributed by atoms with Crippen LogP contribution < -0.4 is 10.2 Å². The number of ether oxygens (including phenoxy) is 1. The lowest BCUT2D eigenvalue weighted by Crippen LogP contribution is -2.59. The van der Waals surface area contributed by atoms with Crippen molar-refractivity contribution in [3.05, 3.63) is 29.8 Å². The molecule has 3 nitrogen and oxygen atoms in total. The van der Waals surface area contributed by atoms with Crippen LogP contribution in [0.25, 0.3) is 0 Å². The van der Waals surface area contributed by atoms with E-state index in [1.807, 2.05) is 0 Å². The molecule has 19 heavy (non-hydrogen) atoms. The van der Waals surface area contributed by atoms with Gasteiger partial charge in [0.25, 0.3) is 0 Å². The number of nitrogens with one attached hydrogen (secondary N) is 1. The predicted molar refractivity (Wildman–Crippen MR) is 78.8 cm³/mol. The topological polar surface area (TPSA) is 24.5 Å². The van der Waals surface area contributed by atoms with E-state index >= 15 is 0 Å². The molecule has 0 amide bonds. The highest BCUT2D eigenvalue weighted by molar-refractivity contribution is 5.56. The second-order valence-electron chi connectivity index (χ2n) is 6.11. The van der Waals surface area contributed by atoms with Gasteiger partial charge in [0.05, 0.1) is 12.2 Å². The minimum atomic E-state index is 0.0680. The summed E-state index contributed by atoms with van der Waals surface area (Å²) < 4.78 is 6.03. The van der Waals surface area contributed by atoms with Crippen molar-refractivity contribution in [2.24, 2.45) is 0 Å². The SMILES string of the molecule is CC1CCc2ccccc2N1CCOC1(C)CNC1. The third-order valence-electron chi connectivity index (χ3n) is 4.45. The molecule has 3 rings (SSSR count). The Kier molecular flexibility index (Phi) is 3.50. The lowest BCUT2D eigenvalue weighted by atomic mass is 9.96. The van der Waals surface area contributed by atoms with Crippen molar-refractivity contribution >= 4 is 5.69 Å². The maximum atomic E-state index is 6.03. The number of rotatable bonds is 4. The van der Waals surface area contributed by atoms with Gasteiger partial charge in [0.15, 0.2) is 0 Å². The van der Waals surface area contributed by atoms with Crippen molar-refractivity contribution in [2.75, 3.05) is 31.1 Å². The second-order valence-corrected chi connectivity index (χ2v) is 6.11. The van der Waals surface area contributed by atoms with Crippen LogP contribution in [-0.2, 0) is 11.2 Å². The third kappa shape index (κ3) is 2.63. The van der Waals surface area contributed by atoms with Crippen LogP contribution in [0.1, 0.15) is 25.8 Å². The Morgan fingerprint density at radius 1 is 1.37 bits per heavy atom. The first kappa shape index (κ1) is 12.9. The fraction of sp³-hybridized carbons (Fsp3) is 0.625. The van der Waals surface area contributed by atoms with Crippen molar-refractivity contribution in [1.29, 1.82) is 0 Å². The van der Waals surface area contributed by atoms with E-state index in [0.29, 0.717) is 6.04 Å². The summed E-state index contributed by atoms with van der Waals surface area (Å²) in [5, 5.41) is 3.28. The first-order valence-electron chi connectivity index (χ1n) is 7.37. The van der Waals surface area contributed by atoms with Crippen LogP contribution in [0.4, 0.5) is 5.69 Å². The van der Waals surface area contributed by atoms with E-state index in [0.717, 1.165) is 26.2 Å². The Labute approximate surface area is 115 Å². The summed E-state index contributed by atoms with van der Waals surface area (Å²) in [6.45, 7) is 8.29. The summed E-state index contributed by atoms with van der Waals surface area (Å²) in [4.78, 5) is 2.51. The summed E-state index contributed by atoms with van der Waals surface area (Å²) in [5.74, 6) is 0. The number of para-hydroxylation sites is 1. The Hall–Kier alpha value is -1.06. The highest BCUT2D eigenvalue weighted by atomic mass is 16.5. The van der Waals surface area contributed by atoms with Crippen LogP contribution in [0.3, 0.4) is 0 Å². The molecule has 3 heteroatoms. The van der Waals surface area contributed by atoms with Gasteiger partial charge < -0.3 is 15.0 Å². The lowest BCUT2D eigenvalue weighted by Gasteiger charge is -2.41. The molecule has 0 saturated carbocycles. The van der Waals surface area contributed by atoms with Crippen molar-refractivity contribution in [3.63, 3.8) is 0 Å². The number of benzene rings is 1. The van der Waals surface area contributed by atoms with E-state index in [1.165, 1.54) is 24.1 Å². The van der Waals surface area contributed by atoms with Gasteiger partial charge in [-0.1, -0.05) is 18.2 Å². The smallest absolute Gasteiger partial charge is 0.0902 e. The van der Waals surface area contributed by atoms with Crippen LogP contribution in [-0.4, -0.2) is 37.9 Å². The first-order chi connectivity index (χ1) is 9.18. The highest BCUT2D eigenvalue weighted by Crippen LogP contribution is 2.30. The van der Waals surface area contributed by atoms with Gasteiger partial charge in [-0.25, -0.2) is 0 Å². The number of hydrogen-bond acceptors (Lipinski definition) is 3. The van der Waals surface area contributed by atoms with Gasteiger partial charge in [-0.15, -0.1) is 0 Å². The van der Waals surface area contributed by atoms with Crippen LogP contribution in [0.2, 0.25) is 0 Å². The Morgan fingerprint density at radius 3 is 2.89 bits per heavy atom. The maximum absolute atomic E-state index is 6.03. The van der Waals surface area contributed by atoms with Crippen molar-refractivity contribution in [3.8, 4) is 0 Å². The first-order valence-corrected chi connectivity index (χ1v) is 7.37. The van der Waals surface area contributed by atoms with Crippen LogP contribution >= 0.6 is 0 Å². The van der Waals surface area contributed by atoms with Gasteiger partial charge in [-0.2, -0.15) is 0 Å². The van der Waals surface area contributed by atoms with E-state index in [9.17, 15) is 0 Å². The molecule has 0 aromatic heterocycles. The summed E-state index contributed by atoms with van der Waals surface area (Å²) in [6.07, 6.45) is 2.45.